The molecule has 0 bridgehead atoms. The highest BCUT2D eigenvalue weighted by Crippen LogP contribution is 2.20. The lowest BCUT2D eigenvalue weighted by atomic mass is 10.0. The summed E-state index contributed by atoms with van der Waals surface area (Å²) in [7, 11) is 0. The van der Waals surface area contributed by atoms with E-state index in [9.17, 15) is 14.4 Å². The molecule has 0 fully saturated rings. The molecule has 0 N–H and O–H groups in total. The Kier molecular flexibility index (Phi) is 65.5. The molecule has 458 valence electrons. The van der Waals surface area contributed by atoms with Crippen LogP contribution in [0, 0.1) is 0 Å². The third-order valence-corrected chi connectivity index (χ3v) is 16.6. The first kappa shape index (κ1) is 75.4. The predicted molar refractivity (Wildman–Crippen MR) is 335 cm³/mol. The molecule has 0 spiro atoms. The fourth-order valence-electron chi connectivity index (χ4n) is 11.3. The van der Waals surface area contributed by atoms with E-state index in [-0.39, 0.29) is 31.1 Å². The highest BCUT2D eigenvalue weighted by Gasteiger charge is 2.19. The van der Waals surface area contributed by atoms with Crippen molar-refractivity contribution >= 4 is 17.9 Å². The summed E-state index contributed by atoms with van der Waals surface area (Å²) in [6, 6.07) is 0. The van der Waals surface area contributed by atoms with E-state index in [1.54, 1.807) is 0 Å². The zero-order chi connectivity index (χ0) is 55.7. The Hall–Kier alpha value is -1.59. The van der Waals surface area contributed by atoms with Gasteiger partial charge in [-0.25, -0.2) is 0 Å². The fraction of sp³-hybridized carbons (Fsp3) is 0.958. The summed E-state index contributed by atoms with van der Waals surface area (Å²) in [4.78, 5) is 38.2. The number of rotatable bonds is 67. The van der Waals surface area contributed by atoms with Crippen LogP contribution in [0.15, 0.2) is 0 Å². The summed E-state index contributed by atoms with van der Waals surface area (Å²) in [5.41, 5.74) is 0. The molecule has 0 aromatic rings. The normalized spacial score (nSPS) is 11.9. The van der Waals surface area contributed by atoms with Crippen LogP contribution in [-0.4, -0.2) is 37.2 Å². The lowest BCUT2D eigenvalue weighted by Crippen LogP contribution is -2.30. The minimum Gasteiger partial charge on any atom is -0.462 e. The van der Waals surface area contributed by atoms with E-state index in [0.717, 1.165) is 57.8 Å². The molecular weight excluding hydrogens is 949 g/mol. The number of esters is 3. The average Bonchev–Trinajstić information content (AvgIpc) is 3.43. The van der Waals surface area contributed by atoms with Gasteiger partial charge in [0.25, 0.3) is 0 Å². The lowest BCUT2D eigenvalue weighted by Gasteiger charge is -2.18. The van der Waals surface area contributed by atoms with Gasteiger partial charge in [-0.15, -0.1) is 0 Å². The molecule has 0 aliphatic carbocycles. The number of carbonyl (C=O) groups excluding carboxylic acids is 3. The molecule has 0 amide bonds. The predicted octanol–water partition coefficient (Wildman–Crippen LogP) is 24.2. The number of unbranched alkanes of at least 4 members (excludes halogenated alkanes) is 56. The van der Waals surface area contributed by atoms with Gasteiger partial charge in [-0.05, 0) is 19.3 Å². The van der Waals surface area contributed by atoms with Crippen molar-refractivity contribution in [3.05, 3.63) is 0 Å². The molecular formula is C71H138O6. The van der Waals surface area contributed by atoms with Gasteiger partial charge >= 0.3 is 17.9 Å². The molecule has 0 rings (SSSR count). The molecule has 0 heterocycles. The van der Waals surface area contributed by atoms with Gasteiger partial charge in [0.15, 0.2) is 6.10 Å². The Labute approximate surface area is 482 Å². The standard InChI is InChI=1S/C71H138O6/c1-4-7-10-13-16-19-21-23-25-27-29-30-31-32-33-34-35-36-37-38-39-40-41-42-44-45-47-49-52-55-58-61-64-70(73)76-67-68(66-75-69(72)63-60-57-54-51-18-15-12-9-6-3)77-71(74)65-62-59-56-53-50-48-46-43-28-26-24-22-20-17-14-11-8-5-2/h68H,4-67H2,1-3H3. The Morgan fingerprint density at radius 2 is 0.351 bits per heavy atom. The van der Waals surface area contributed by atoms with E-state index >= 15 is 0 Å². The van der Waals surface area contributed by atoms with Gasteiger partial charge in [0, 0.05) is 19.3 Å². The van der Waals surface area contributed by atoms with Crippen molar-refractivity contribution in [2.75, 3.05) is 13.2 Å². The van der Waals surface area contributed by atoms with Crippen molar-refractivity contribution in [3.8, 4) is 0 Å². The van der Waals surface area contributed by atoms with Crippen LogP contribution < -0.4 is 0 Å². The molecule has 0 aromatic heterocycles. The Morgan fingerprint density at radius 1 is 0.208 bits per heavy atom. The maximum atomic E-state index is 12.9. The smallest absolute Gasteiger partial charge is 0.306 e. The van der Waals surface area contributed by atoms with Crippen molar-refractivity contribution < 1.29 is 28.6 Å². The molecule has 6 nitrogen and oxygen atoms in total. The molecule has 6 heteroatoms. The molecule has 1 unspecified atom stereocenters. The van der Waals surface area contributed by atoms with Gasteiger partial charge in [-0.3, -0.25) is 14.4 Å². The first-order valence-electron chi connectivity index (χ1n) is 35.5. The minimum atomic E-state index is -0.762. The molecule has 0 aliphatic heterocycles. The van der Waals surface area contributed by atoms with E-state index in [1.165, 1.54) is 321 Å². The third-order valence-electron chi connectivity index (χ3n) is 16.6. The summed E-state index contributed by atoms with van der Waals surface area (Å²) in [6.45, 7) is 6.71. The lowest BCUT2D eigenvalue weighted by molar-refractivity contribution is -0.167. The van der Waals surface area contributed by atoms with Crippen LogP contribution in [0.5, 0.6) is 0 Å². The van der Waals surface area contributed by atoms with E-state index in [4.69, 9.17) is 14.2 Å². The summed E-state index contributed by atoms with van der Waals surface area (Å²) in [5.74, 6) is -0.828. The number of carbonyl (C=O) groups is 3. The topological polar surface area (TPSA) is 78.9 Å². The monoisotopic (exact) mass is 1090 g/mol. The zero-order valence-corrected chi connectivity index (χ0v) is 52.8. The van der Waals surface area contributed by atoms with Crippen LogP contribution in [-0.2, 0) is 28.6 Å². The highest BCUT2D eigenvalue weighted by molar-refractivity contribution is 5.71. The number of hydrogen-bond acceptors (Lipinski definition) is 6. The van der Waals surface area contributed by atoms with Crippen molar-refractivity contribution in [3.63, 3.8) is 0 Å². The maximum Gasteiger partial charge on any atom is 0.306 e. The van der Waals surface area contributed by atoms with Gasteiger partial charge in [-0.2, -0.15) is 0 Å². The summed E-state index contributed by atoms with van der Waals surface area (Å²) in [5, 5.41) is 0. The summed E-state index contributed by atoms with van der Waals surface area (Å²) in [6.07, 6.45) is 78.8. The van der Waals surface area contributed by atoms with Crippen molar-refractivity contribution in [2.45, 2.75) is 425 Å². The van der Waals surface area contributed by atoms with Crippen molar-refractivity contribution in [2.24, 2.45) is 0 Å². The molecule has 0 saturated carbocycles. The summed E-state index contributed by atoms with van der Waals surface area (Å²) >= 11 is 0. The van der Waals surface area contributed by atoms with Crippen LogP contribution in [0.1, 0.15) is 419 Å². The molecule has 0 aromatic carbocycles. The largest absolute Gasteiger partial charge is 0.462 e. The summed E-state index contributed by atoms with van der Waals surface area (Å²) < 4.78 is 16.9. The highest BCUT2D eigenvalue weighted by atomic mass is 16.6. The van der Waals surface area contributed by atoms with E-state index in [2.05, 4.69) is 20.8 Å². The number of hydrogen-bond donors (Lipinski definition) is 0. The van der Waals surface area contributed by atoms with E-state index in [1.807, 2.05) is 0 Å². The fourth-order valence-corrected chi connectivity index (χ4v) is 11.3. The van der Waals surface area contributed by atoms with Crippen molar-refractivity contribution in [1.82, 2.24) is 0 Å². The van der Waals surface area contributed by atoms with Gasteiger partial charge < -0.3 is 14.2 Å². The second-order valence-electron chi connectivity index (χ2n) is 24.5. The Bertz CT molecular complexity index is 1160. The Balaban J connectivity index is 3.99. The van der Waals surface area contributed by atoms with Crippen LogP contribution in [0.3, 0.4) is 0 Å². The van der Waals surface area contributed by atoms with Gasteiger partial charge in [0.1, 0.15) is 13.2 Å². The van der Waals surface area contributed by atoms with Gasteiger partial charge in [-0.1, -0.05) is 380 Å². The molecule has 0 radical (unpaired) electrons. The second kappa shape index (κ2) is 66.9. The van der Waals surface area contributed by atoms with Gasteiger partial charge in [0.05, 0.1) is 0 Å². The van der Waals surface area contributed by atoms with Crippen LogP contribution >= 0.6 is 0 Å². The van der Waals surface area contributed by atoms with E-state index in [0.29, 0.717) is 19.3 Å². The molecule has 77 heavy (non-hydrogen) atoms. The molecule has 0 saturated heterocycles. The van der Waals surface area contributed by atoms with E-state index < -0.39 is 6.10 Å². The first-order chi connectivity index (χ1) is 38.0. The van der Waals surface area contributed by atoms with Crippen LogP contribution in [0.4, 0.5) is 0 Å². The SMILES string of the molecule is CCCCCCCCCCCCCCCCCCCCCCCCCCCCCCCCCCC(=O)OCC(COC(=O)CCCCCCCCCCC)OC(=O)CCCCCCCCCCCCCCCCCCCC. The zero-order valence-electron chi connectivity index (χ0n) is 52.8. The molecule has 1 atom stereocenters. The van der Waals surface area contributed by atoms with Gasteiger partial charge in [0.2, 0.25) is 0 Å². The molecule has 0 aliphatic rings. The maximum absolute atomic E-state index is 12.9. The average molecular weight is 1090 g/mol. The van der Waals surface area contributed by atoms with Crippen molar-refractivity contribution in [1.29, 1.82) is 0 Å². The quantitative estimate of drug-likeness (QED) is 0.0343. The second-order valence-corrected chi connectivity index (χ2v) is 24.5. The first-order valence-corrected chi connectivity index (χ1v) is 35.5. The van der Waals surface area contributed by atoms with Crippen LogP contribution in [0.2, 0.25) is 0 Å². The number of ether oxygens (including phenoxy) is 3. The Morgan fingerprint density at radius 3 is 0.519 bits per heavy atom. The minimum absolute atomic E-state index is 0.0609. The third kappa shape index (κ3) is 65.1. The van der Waals surface area contributed by atoms with Crippen LogP contribution in [0.25, 0.3) is 0 Å².